The number of aromatic nitrogens is 1. The van der Waals surface area contributed by atoms with Crippen molar-refractivity contribution in [3.05, 3.63) is 26.9 Å². The Labute approximate surface area is 106 Å². The van der Waals surface area contributed by atoms with E-state index in [1.54, 1.807) is 6.20 Å². The van der Waals surface area contributed by atoms with Crippen LogP contribution in [0.3, 0.4) is 0 Å². The van der Waals surface area contributed by atoms with E-state index in [0.717, 1.165) is 20.2 Å². The van der Waals surface area contributed by atoms with Crippen LogP contribution >= 0.6 is 34.2 Å². The quantitative estimate of drug-likeness (QED) is 0.788. The Morgan fingerprint density at radius 2 is 2.20 bits per heavy atom. The average Bonchev–Trinajstić information content (AvgIpc) is 2.17. The molecule has 0 bridgehead atoms. The molecule has 0 spiro atoms. The molecule has 0 saturated heterocycles. The van der Waals surface area contributed by atoms with Gasteiger partial charge in [0, 0.05) is 21.0 Å². The fraction of sp³-hybridized carbons (Fsp3) is 0.100. The first kappa shape index (κ1) is 10.8. The molecule has 1 aromatic carbocycles. The van der Waals surface area contributed by atoms with Crippen LogP contribution in [0.1, 0.15) is 0 Å². The lowest BCUT2D eigenvalue weighted by molar-refractivity contribution is 1.39. The van der Waals surface area contributed by atoms with E-state index in [0.29, 0.717) is 10.7 Å². The Hall–Kier alpha value is -0.750. The van der Waals surface area contributed by atoms with E-state index in [4.69, 9.17) is 17.3 Å². The number of nitrogen functional groups attached to an aromatic ring is 1. The highest BCUT2D eigenvalue weighted by atomic mass is 127. The molecule has 78 valence electrons. The summed E-state index contributed by atoms with van der Waals surface area (Å²) >= 11 is 8.22. The number of rotatable bonds is 1. The van der Waals surface area contributed by atoms with Crippen LogP contribution in [-0.2, 0) is 0 Å². The maximum absolute atomic E-state index is 6.00. The minimum atomic E-state index is 0.628. The molecule has 0 aliphatic carbocycles. The van der Waals surface area contributed by atoms with Crippen LogP contribution in [-0.4, -0.2) is 12.0 Å². The van der Waals surface area contributed by atoms with Crippen molar-refractivity contribution in [3.63, 3.8) is 0 Å². The highest BCUT2D eigenvalue weighted by Crippen LogP contribution is 2.32. The van der Waals surface area contributed by atoms with Gasteiger partial charge in [-0.3, -0.25) is 4.98 Å². The van der Waals surface area contributed by atoms with Gasteiger partial charge in [-0.15, -0.1) is 0 Å². The summed E-state index contributed by atoms with van der Waals surface area (Å²) in [4.78, 5) is 4.30. The summed E-state index contributed by atoms with van der Waals surface area (Å²) in [6.45, 7) is 0. The number of nitrogens with zero attached hydrogens (tertiary/aromatic N) is 1. The van der Waals surface area contributed by atoms with Gasteiger partial charge in [-0.2, -0.15) is 0 Å². The Balaban J connectivity index is 2.91. The number of pyridine rings is 1. The number of hydrogen-bond donors (Lipinski definition) is 2. The van der Waals surface area contributed by atoms with Crippen LogP contribution < -0.4 is 11.1 Å². The molecule has 1 aromatic heterocycles. The van der Waals surface area contributed by atoms with Gasteiger partial charge in [-0.1, -0.05) is 11.6 Å². The maximum Gasteiger partial charge on any atom is 0.0858 e. The van der Waals surface area contributed by atoms with E-state index >= 15 is 0 Å². The topological polar surface area (TPSA) is 50.9 Å². The van der Waals surface area contributed by atoms with Crippen molar-refractivity contribution in [2.75, 3.05) is 18.1 Å². The van der Waals surface area contributed by atoms with Crippen molar-refractivity contribution in [2.45, 2.75) is 0 Å². The van der Waals surface area contributed by atoms with Gasteiger partial charge in [0.1, 0.15) is 0 Å². The normalized spacial score (nSPS) is 10.6. The van der Waals surface area contributed by atoms with Gasteiger partial charge in [0.2, 0.25) is 0 Å². The van der Waals surface area contributed by atoms with E-state index in [1.165, 1.54) is 0 Å². The first-order valence-electron chi connectivity index (χ1n) is 4.34. The average molecular weight is 334 g/mol. The zero-order valence-electron chi connectivity index (χ0n) is 8.01. The molecule has 3 N–H and O–H groups in total. The SMILES string of the molecule is CNc1c(N)cnc2c(I)cc(Cl)cc12. The van der Waals surface area contributed by atoms with Gasteiger partial charge >= 0.3 is 0 Å². The Morgan fingerprint density at radius 1 is 1.47 bits per heavy atom. The van der Waals surface area contributed by atoms with E-state index in [2.05, 4.69) is 32.9 Å². The highest BCUT2D eigenvalue weighted by molar-refractivity contribution is 14.1. The smallest absolute Gasteiger partial charge is 0.0858 e. The van der Waals surface area contributed by atoms with Crippen LogP contribution in [0, 0.1) is 3.57 Å². The lowest BCUT2D eigenvalue weighted by Crippen LogP contribution is -1.98. The Morgan fingerprint density at radius 3 is 2.87 bits per heavy atom. The molecule has 0 radical (unpaired) electrons. The van der Waals surface area contributed by atoms with Crippen LogP contribution in [0.25, 0.3) is 10.9 Å². The maximum atomic E-state index is 6.00. The van der Waals surface area contributed by atoms with E-state index < -0.39 is 0 Å². The van der Waals surface area contributed by atoms with Gasteiger partial charge in [-0.05, 0) is 34.7 Å². The second-order valence-corrected chi connectivity index (χ2v) is 4.72. The molecule has 0 fully saturated rings. The summed E-state index contributed by atoms with van der Waals surface area (Å²) in [7, 11) is 1.83. The third-order valence-electron chi connectivity index (χ3n) is 2.17. The highest BCUT2D eigenvalue weighted by Gasteiger charge is 2.08. The summed E-state index contributed by atoms with van der Waals surface area (Å²) in [6.07, 6.45) is 1.66. The van der Waals surface area contributed by atoms with Crippen LogP contribution in [0.5, 0.6) is 0 Å². The molecule has 2 rings (SSSR count). The molecule has 2 aromatic rings. The lowest BCUT2D eigenvalue weighted by atomic mass is 10.1. The summed E-state index contributed by atoms with van der Waals surface area (Å²) in [6, 6.07) is 3.75. The Bertz CT molecular complexity index is 528. The molecule has 1 heterocycles. The van der Waals surface area contributed by atoms with E-state index in [1.807, 2.05) is 19.2 Å². The Kier molecular flexibility index (Phi) is 2.88. The molecule has 0 saturated carbocycles. The van der Waals surface area contributed by atoms with E-state index in [9.17, 15) is 0 Å². The lowest BCUT2D eigenvalue weighted by Gasteiger charge is -2.09. The summed E-state index contributed by atoms with van der Waals surface area (Å²) in [5.41, 5.74) is 8.25. The van der Waals surface area contributed by atoms with Crippen molar-refractivity contribution in [1.82, 2.24) is 4.98 Å². The number of nitrogens with one attached hydrogen (secondary N) is 1. The first-order valence-corrected chi connectivity index (χ1v) is 5.80. The van der Waals surface area contributed by atoms with Gasteiger partial charge in [0.15, 0.2) is 0 Å². The first-order chi connectivity index (χ1) is 7.13. The van der Waals surface area contributed by atoms with Gasteiger partial charge in [-0.25, -0.2) is 0 Å². The molecule has 0 atom stereocenters. The second-order valence-electron chi connectivity index (χ2n) is 3.12. The standard InChI is InChI=1S/C10H9ClIN3/c1-14-10-6-2-5(11)3-7(12)9(6)15-4-8(10)13/h2-4H,13H2,1H3,(H,14,15). The third-order valence-corrected chi connectivity index (χ3v) is 3.21. The molecular weight excluding hydrogens is 324 g/mol. The molecule has 0 amide bonds. The second kappa shape index (κ2) is 4.02. The summed E-state index contributed by atoms with van der Waals surface area (Å²) in [5, 5.41) is 4.71. The summed E-state index contributed by atoms with van der Waals surface area (Å²) < 4.78 is 1.02. The van der Waals surface area contributed by atoms with Crippen LogP contribution in [0.4, 0.5) is 11.4 Å². The number of fused-ring (bicyclic) bond motifs is 1. The zero-order chi connectivity index (χ0) is 11.0. The minimum Gasteiger partial charge on any atom is -0.396 e. The largest absolute Gasteiger partial charge is 0.396 e. The van der Waals surface area contributed by atoms with Crippen molar-refractivity contribution in [2.24, 2.45) is 0 Å². The number of anilines is 2. The van der Waals surface area contributed by atoms with Crippen LogP contribution in [0.15, 0.2) is 18.3 Å². The molecule has 15 heavy (non-hydrogen) atoms. The van der Waals surface area contributed by atoms with E-state index in [-0.39, 0.29) is 0 Å². The van der Waals surface area contributed by atoms with Crippen LogP contribution in [0.2, 0.25) is 5.02 Å². The fourth-order valence-electron chi connectivity index (χ4n) is 1.52. The van der Waals surface area contributed by atoms with Crippen molar-refractivity contribution < 1.29 is 0 Å². The van der Waals surface area contributed by atoms with Crippen molar-refractivity contribution in [3.8, 4) is 0 Å². The minimum absolute atomic E-state index is 0.628. The van der Waals surface area contributed by atoms with Gasteiger partial charge < -0.3 is 11.1 Å². The number of nitrogens with two attached hydrogens (primary N) is 1. The molecule has 0 aliphatic heterocycles. The summed E-state index contributed by atoms with van der Waals surface area (Å²) in [5.74, 6) is 0. The number of hydrogen-bond acceptors (Lipinski definition) is 3. The third kappa shape index (κ3) is 1.83. The molecule has 3 nitrogen and oxygen atoms in total. The van der Waals surface area contributed by atoms with Crippen molar-refractivity contribution >= 4 is 56.5 Å². The number of benzene rings is 1. The predicted molar refractivity (Wildman–Crippen MR) is 73.4 cm³/mol. The molecule has 0 aliphatic rings. The van der Waals surface area contributed by atoms with Gasteiger partial charge in [0.25, 0.3) is 0 Å². The van der Waals surface area contributed by atoms with Gasteiger partial charge in [0.05, 0.1) is 23.1 Å². The molecule has 5 heteroatoms. The fourth-order valence-corrected chi connectivity index (χ4v) is 2.69. The zero-order valence-corrected chi connectivity index (χ0v) is 10.9. The molecular formula is C10H9ClIN3. The monoisotopic (exact) mass is 333 g/mol. The number of halogens is 2. The van der Waals surface area contributed by atoms with Crippen molar-refractivity contribution in [1.29, 1.82) is 0 Å². The predicted octanol–water partition coefficient (Wildman–Crippen LogP) is 3.12. The molecule has 0 unspecified atom stereocenters.